The molecule has 0 aliphatic heterocycles. The van der Waals surface area contributed by atoms with Crippen LogP contribution in [0.5, 0.6) is 0 Å². The highest BCUT2D eigenvalue weighted by atomic mass is 35.5. The van der Waals surface area contributed by atoms with Gasteiger partial charge in [-0.3, -0.25) is 8.87 Å². The lowest BCUT2D eigenvalue weighted by Gasteiger charge is -2.25. The molecule has 1 unspecified atom stereocenters. The van der Waals surface area contributed by atoms with Crippen LogP contribution in [-0.4, -0.2) is 20.3 Å². The van der Waals surface area contributed by atoms with E-state index < -0.39 is 30.7 Å². The molecule has 0 aromatic heterocycles. The normalized spacial score (nSPS) is 12.9. The minimum Gasteiger partial charge on any atom is -0.323 e. The molecule has 27 heavy (non-hydrogen) atoms. The molecule has 0 radical (unpaired) electrons. The van der Waals surface area contributed by atoms with Crippen molar-refractivity contribution in [3.63, 3.8) is 0 Å². The van der Waals surface area contributed by atoms with Gasteiger partial charge in [-0.2, -0.15) is 0 Å². The van der Waals surface area contributed by atoms with Crippen LogP contribution in [0.25, 0.3) is 10.8 Å². The Morgan fingerprint density at radius 3 is 2.26 bits per heavy atom. The molecule has 0 aliphatic carbocycles. The lowest BCUT2D eigenvalue weighted by atomic mass is 10.1. The summed E-state index contributed by atoms with van der Waals surface area (Å²) in [5.41, 5.74) is 0.353. The Labute approximate surface area is 167 Å². The van der Waals surface area contributed by atoms with Crippen molar-refractivity contribution in [1.29, 1.82) is 0 Å². The number of benzene rings is 3. The molecule has 0 heterocycles. The predicted octanol–water partition coefficient (Wildman–Crippen LogP) is 4.95. The van der Waals surface area contributed by atoms with Gasteiger partial charge >= 0.3 is 7.60 Å². The van der Waals surface area contributed by atoms with Gasteiger partial charge in [-0.1, -0.05) is 59.6 Å². The number of halogens is 3. The van der Waals surface area contributed by atoms with Crippen LogP contribution >= 0.6 is 30.8 Å². The maximum absolute atomic E-state index is 13.7. The minimum absolute atomic E-state index is 0.0211. The Kier molecular flexibility index (Phi) is 5.91. The fourth-order valence-electron chi connectivity index (χ4n) is 2.57. The SMILES string of the molecule is O=S(c1cc(Cl)c(F)c(Cl)c1)N(CP(=O)(O)O)c1cccc2ccccc12. The molecule has 3 aromatic rings. The molecule has 0 amide bonds. The van der Waals surface area contributed by atoms with E-state index in [0.717, 1.165) is 21.8 Å². The quantitative estimate of drug-likeness (QED) is 0.428. The molecule has 3 rings (SSSR count). The molecular formula is C17H13Cl2FNO4PS. The first-order valence-corrected chi connectivity index (χ1v) is 11.2. The van der Waals surface area contributed by atoms with Gasteiger partial charge in [-0.05, 0) is 23.6 Å². The third-order valence-electron chi connectivity index (χ3n) is 3.71. The van der Waals surface area contributed by atoms with Gasteiger partial charge < -0.3 is 9.79 Å². The summed E-state index contributed by atoms with van der Waals surface area (Å²) in [6.07, 6.45) is -0.805. The Morgan fingerprint density at radius 1 is 1.04 bits per heavy atom. The molecule has 142 valence electrons. The van der Waals surface area contributed by atoms with Crippen LogP contribution in [0, 0.1) is 5.82 Å². The van der Waals surface area contributed by atoms with Gasteiger partial charge in [-0.15, -0.1) is 0 Å². The van der Waals surface area contributed by atoms with Gasteiger partial charge in [0.05, 0.1) is 20.6 Å². The first-order chi connectivity index (χ1) is 12.7. The molecule has 1 atom stereocenters. The monoisotopic (exact) mass is 447 g/mol. The van der Waals surface area contributed by atoms with E-state index in [1.807, 2.05) is 18.2 Å². The standard InChI is InChI=1S/C17H13Cl2FNO4PS/c18-14-8-12(9-15(19)17(14)20)27(25)21(10-26(22,23)24)16-7-3-5-11-4-1-2-6-13(11)16/h1-9H,10H2,(H2,22,23,24). The average Bonchev–Trinajstić information content (AvgIpc) is 2.62. The molecule has 10 heteroatoms. The van der Waals surface area contributed by atoms with Gasteiger partial charge in [0.15, 0.2) is 16.8 Å². The molecule has 0 spiro atoms. The molecule has 5 nitrogen and oxygen atoms in total. The second kappa shape index (κ2) is 7.87. The largest absolute Gasteiger partial charge is 0.345 e. The van der Waals surface area contributed by atoms with E-state index in [2.05, 4.69) is 0 Å². The smallest absolute Gasteiger partial charge is 0.323 e. The topological polar surface area (TPSA) is 77.8 Å². The highest BCUT2D eigenvalue weighted by Crippen LogP contribution is 2.41. The number of anilines is 1. The van der Waals surface area contributed by atoms with E-state index in [1.54, 1.807) is 24.3 Å². The van der Waals surface area contributed by atoms with Gasteiger partial charge in [-0.25, -0.2) is 8.60 Å². The molecule has 0 fully saturated rings. The van der Waals surface area contributed by atoms with Crippen LogP contribution in [0.4, 0.5) is 10.1 Å². The van der Waals surface area contributed by atoms with Crippen molar-refractivity contribution in [1.82, 2.24) is 0 Å². The van der Waals surface area contributed by atoms with Crippen LogP contribution in [0.1, 0.15) is 0 Å². The number of hydrogen-bond acceptors (Lipinski definition) is 2. The number of nitrogens with zero attached hydrogens (tertiary/aromatic N) is 1. The maximum atomic E-state index is 13.7. The van der Waals surface area contributed by atoms with Crippen molar-refractivity contribution in [3.8, 4) is 0 Å². The second-order valence-corrected chi connectivity index (χ2v) is 9.47. The zero-order chi connectivity index (χ0) is 19.8. The van der Waals surface area contributed by atoms with Crippen molar-refractivity contribution in [2.75, 3.05) is 10.6 Å². The van der Waals surface area contributed by atoms with Gasteiger partial charge in [0.2, 0.25) is 0 Å². The lowest BCUT2D eigenvalue weighted by Crippen LogP contribution is -2.27. The summed E-state index contributed by atoms with van der Waals surface area (Å²) in [7, 11) is -6.68. The Hall–Kier alpha value is -1.47. The van der Waals surface area contributed by atoms with Crippen molar-refractivity contribution in [2.45, 2.75) is 4.90 Å². The summed E-state index contributed by atoms with van der Waals surface area (Å²) in [5, 5.41) is 0.791. The van der Waals surface area contributed by atoms with Crippen LogP contribution in [0.3, 0.4) is 0 Å². The number of rotatable bonds is 5. The highest BCUT2D eigenvalue weighted by Gasteiger charge is 2.27. The van der Waals surface area contributed by atoms with Gasteiger partial charge in [0.25, 0.3) is 0 Å². The molecule has 0 saturated carbocycles. The Balaban J connectivity index is 2.17. The molecule has 3 aromatic carbocycles. The van der Waals surface area contributed by atoms with E-state index >= 15 is 0 Å². The summed E-state index contributed by atoms with van der Waals surface area (Å²) in [6.45, 7) is 0. The van der Waals surface area contributed by atoms with E-state index in [0.29, 0.717) is 11.1 Å². The van der Waals surface area contributed by atoms with Crippen molar-refractivity contribution < 1.29 is 23.0 Å². The molecule has 0 aliphatic rings. The second-order valence-electron chi connectivity index (χ2n) is 5.63. The molecule has 2 N–H and O–H groups in total. The zero-order valence-corrected chi connectivity index (χ0v) is 16.8. The van der Waals surface area contributed by atoms with Crippen LogP contribution in [0.15, 0.2) is 59.5 Å². The molecule has 0 bridgehead atoms. The predicted molar refractivity (Wildman–Crippen MR) is 106 cm³/mol. The van der Waals surface area contributed by atoms with E-state index in [-0.39, 0.29) is 14.9 Å². The third kappa shape index (κ3) is 4.51. The van der Waals surface area contributed by atoms with E-state index in [1.165, 1.54) is 0 Å². The summed E-state index contributed by atoms with van der Waals surface area (Å²) in [5.74, 6) is -0.856. The molecular weight excluding hydrogens is 435 g/mol. The van der Waals surface area contributed by atoms with Crippen LogP contribution < -0.4 is 4.31 Å². The van der Waals surface area contributed by atoms with Gasteiger partial charge in [0, 0.05) is 5.39 Å². The minimum atomic E-state index is -4.58. The molecule has 0 saturated heterocycles. The lowest BCUT2D eigenvalue weighted by molar-refractivity contribution is 0.374. The first-order valence-electron chi connectivity index (χ1n) is 7.54. The van der Waals surface area contributed by atoms with Crippen LogP contribution in [-0.2, 0) is 15.6 Å². The van der Waals surface area contributed by atoms with Gasteiger partial charge in [0.1, 0.15) is 6.29 Å². The average molecular weight is 448 g/mol. The summed E-state index contributed by atoms with van der Waals surface area (Å²) < 4.78 is 39.6. The van der Waals surface area contributed by atoms with Crippen molar-refractivity contribution in [3.05, 3.63) is 70.5 Å². The van der Waals surface area contributed by atoms with E-state index in [4.69, 9.17) is 23.2 Å². The van der Waals surface area contributed by atoms with Crippen molar-refractivity contribution >= 4 is 58.2 Å². The number of fused-ring (bicyclic) bond motifs is 1. The Morgan fingerprint density at radius 2 is 1.63 bits per heavy atom. The summed E-state index contributed by atoms with van der Waals surface area (Å²) in [6, 6.07) is 14.5. The number of hydrogen-bond donors (Lipinski definition) is 2. The first kappa shape index (κ1) is 20.3. The summed E-state index contributed by atoms with van der Waals surface area (Å²) >= 11 is 11.6. The third-order valence-corrected chi connectivity index (χ3v) is 6.46. The fraction of sp³-hybridized carbons (Fsp3) is 0.0588. The highest BCUT2D eigenvalue weighted by molar-refractivity contribution is 7.87. The van der Waals surface area contributed by atoms with Crippen molar-refractivity contribution in [2.24, 2.45) is 0 Å². The fourth-order valence-corrected chi connectivity index (χ4v) is 5.58. The van der Waals surface area contributed by atoms with Crippen LogP contribution in [0.2, 0.25) is 10.0 Å². The Bertz CT molecular complexity index is 1060. The summed E-state index contributed by atoms with van der Waals surface area (Å²) in [4.78, 5) is 19.0. The zero-order valence-electron chi connectivity index (χ0n) is 13.6. The maximum Gasteiger partial charge on any atom is 0.345 e. The van der Waals surface area contributed by atoms with E-state index in [9.17, 15) is 23.0 Å².